The zero-order chi connectivity index (χ0) is 19.3. The number of nitrogens with zero attached hydrogens (tertiary/aromatic N) is 2. The molecule has 1 heterocycles. The molecule has 0 spiro atoms. The number of benzene rings is 1. The van der Waals surface area contributed by atoms with E-state index in [0.717, 1.165) is 10.1 Å². The number of carbonyl (C=O) groups excluding carboxylic acids is 1. The summed E-state index contributed by atoms with van der Waals surface area (Å²) in [5.74, 6) is 0.832. The standard InChI is InChI=1S/C17H23N3O5S/c1-19(2)26(22,23)14-7-8-16(24-4)15(10-14)18-17(21)12-20(3)11-13-6-5-9-25-13/h5-10H,11-12H2,1-4H3,(H,18,21). The number of nitrogens with one attached hydrogen (secondary N) is 1. The van der Waals surface area contributed by atoms with Crippen molar-refractivity contribution < 1.29 is 22.4 Å². The molecule has 142 valence electrons. The molecule has 0 bridgehead atoms. The molecule has 0 radical (unpaired) electrons. The highest BCUT2D eigenvalue weighted by atomic mass is 32.2. The minimum atomic E-state index is -3.61. The molecule has 9 heteroatoms. The lowest BCUT2D eigenvalue weighted by Crippen LogP contribution is -2.30. The van der Waals surface area contributed by atoms with Gasteiger partial charge in [-0.2, -0.15) is 0 Å². The first-order chi connectivity index (χ1) is 12.2. The lowest BCUT2D eigenvalue weighted by molar-refractivity contribution is -0.117. The average Bonchev–Trinajstić information content (AvgIpc) is 3.07. The maximum Gasteiger partial charge on any atom is 0.242 e. The Morgan fingerprint density at radius 2 is 1.96 bits per heavy atom. The van der Waals surface area contributed by atoms with Gasteiger partial charge in [0, 0.05) is 14.1 Å². The molecule has 2 rings (SSSR count). The second kappa shape index (κ2) is 8.35. The van der Waals surface area contributed by atoms with Gasteiger partial charge in [-0.05, 0) is 37.4 Å². The average molecular weight is 381 g/mol. The largest absolute Gasteiger partial charge is 0.495 e. The highest BCUT2D eigenvalue weighted by molar-refractivity contribution is 7.89. The Hall–Kier alpha value is -2.36. The maximum absolute atomic E-state index is 12.3. The number of methoxy groups -OCH3 is 1. The van der Waals surface area contributed by atoms with E-state index in [2.05, 4.69) is 5.32 Å². The van der Waals surface area contributed by atoms with Crippen LogP contribution in [0.3, 0.4) is 0 Å². The molecule has 8 nitrogen and oxygen atoms in total. The van der Waals surface area contributed by atoms with Crippen LogP contribution in [0.15, 0.2) is 45.9 Å². The molecule has 1 N–H and O–H groups in total. The minimum absolute atomic E-state index is 0.0718. The van der Waals surface area contributed by atoms with Crippen molar-refractivity contribution in [2.24, 2.45) is 0 Å². The highest BCUT2D eigenvalue weighted by Gasteiger charge is 2.20. The number of rotatable bonds is 8. The van der Waals surface area contributed by atoms with E-state index < -0.39 is 10.0 Å². The zero-order valence-corrected chi connectivity index (χ0v) is 16.0. The van der Waals surface area contributed by atoms with E-state index in [9.17, 15) is 13.2 Å². The van der Waals surface area contributed by atoms with Crippen LogP contribution in [0.25, 0.3) is 0 Å². The van der Waals surface area contributed by atoms with Crippen molar-refractivity contribution in [1.29, 1.82) is 0 Å². The van der Waals surface area contributed by atoms with Crippen LogP contribution in [0.4, 0.5) is 5.69 Å². The van der Waals surface area contributed by atoms with Crippen molar-refractivity contribution in [3.05, 3.63) is 42.4 Å². The van der Waals surface area contributed by atoms with Crippen LogP contribution in [-0.2, 0) is 21.4 Å². The molecule has 2 aromatic rings. The summed E-state index contributed by atoms with van der Waals surface area (Å²) in [5, 5.41) is 2.70. The molecule has 1 aromatic heterocycles. The van der Waals surface area contributed by atoms with Crippen LogP contribution in [-0.4, -0.2) is 58.3 Å². The third-order valence-corrected chi connectivity index (χ3v) is 5.45. The fourth-order valence-corrected chi connectivity index (χ4v) is 3.24. The fourth-order valence-electron chi connectivity index (χ4n) is 2.32. The number of likely N-dealkylation sites (N-methyl/N-ethyl adjacent to an activating group) is 1. The van der Waals surface area contributed by atoms with Gasteiger partial charge in [0.05, 0.1) is 37.0 Å². The number of hydrogen-bond acceptors (Lipinski definition) is 6. The second-order valence-corrected chi connectivity index (χ2v) is 8.10. The van der Waals surface area contributed by atoms with Crippen LogP contribution in [0.5, 0.6) is 5.75 Å². The van der Waals surface area contributed by atoms with Crippen molar-refractivity contribution >= 4 is 21.6 Å². The van der Waals surface area contributed by atoms with Crippen molar-refractivity contribution in [3.63, 3.8) is 0 Å². The minimum Gasteiger partial charge on any atom is -0.495 e. The Bertz CT molecular complexity index is 847. The second-order valence-electron chi connectivity index (χ2n) is 5.95. The van der Waals surface area contributed by atoms with Gasteiger partial charge < -0.3 is 14.5 Å². The molecule has 0 aliphatic rings. The molecule has 0 saturated heterocycles. The van der Waals surface area contributed by atoms with E-state index in [1.165, 1.54) is 39.4 Å². The van der Waals surface area contributed by atoms with Gasteiger partial charge in [0.15, 0.2) is 0 Å². The van der Waals surface area contributed by atoms with E-state index in [-0.39, 0.29) is 17.3 Å². The molecule has 26 heavy (non-hydrogen) atoms. The van der Waals surface area contributed by atoms with Gasteiger partial charge in [-0.1, -0.05) is 0 Å². The Kier molecular flexibility index (Phi) is 6.41. The van der Waals surface area contributed by atoms with E-state index >= 15 is 0 Å². The van der Waals surface area contributed by atoms with Gasteiger partial charge in [-0.15, -0.1) is 0 Å². The maximum atomic E-state index is 12.3. The van der Waals surface area contributed by atoms with Crippen molar-refractivity contribution in [2.45, 2.75) is 11.4 Å². The van der Waals surface area contributed by atoms with Crippen molar-refractivity contribution in [1.82, 2.24) is 9.21 Å². The summed E-state index contributed by atoms with van der Waals surface area (Å²) in [6.45, 7) is 0.584. The molecular formula is C17H23N3O5S. The number of anilines is 1. The number of carbonyl (C=O) groups is 1. The van der Waals surface area contributed by atoms with Crippen molar-refractivity contribution in [2.75, 3.05) is 40.1 Å². The van der Waals surface area contributed by atoms with E-state index in [4.69, 9.17) is 9.15 Å². The molecule has 0 atom stereocenters. The highest BCUT2D eigenvalue weighted by Crippen LogP contribution is 2.28. The molecule has 0 unspecified atom stereocenters. The predicted octanol–water partition coefficient (Wildman–Crippen LogP) is 1.61. The van der Waals surface area contributed by atoms with Crippen LogP contribution < -0.4 is 10.1 Å². The summed E-state index contributed by atoms with van der Waals surface area (Å²) in [6, 6.07) is 7.95. The monoisotopic (exact) mass is 381 g/mol. The molecule has 0 fully saturated rings. The summed E-state index contributed by atoms with van der Waals surface area (Å²) in [6.07, 6.45) is 1.57. The SMILES string of the molecule is COc1ccc(S(=O)(=O)N(C)C)cc1NC(=O)CN(C)Cc1ccco1. The Labute approximate surface area is 153 Å². The molecule has 1 amide bonds. The van der Waals surface area contributed by atoms with Crippen LogP contribution in [0.2, 0.25) is 0 Å². The van der Waals surface area contributed by atoms with Crippen LogP contribution in [0, 0.1) is 0 Å². The van der Waals surface area contributed by atoms with Crippen molar-refractivity contribution in [3.8, 4) is 5.75 Å². The topological polar surface area (TPSA) is 92.1 Å². The quantitative estimate of drug-likeness (QED) is 0.747. The Morgan fingerprint density at radius 3 is 2.54 bits per heavy atom. The molecule has 0 aliphatic carbocycles. The summed E-state index contributed by atoms with van der Waals surface area (Å²) in [4.78, 5) is 14.2. The molecule has 0 aliphatic heterocycles. The predicted molar refractivity (Wildman–Crippen MR) is 97.5 cm³/mol. The van der Waals surface area contributed by atoms with Crippen LogP contribution >= 0.6 is 0 Å². The van der Waals surface area contributed by atoms with Gasteiger partial charge in [0.2, 0.25) is 15.9 Å². The van der Waals surface area contributed by atoms with Gasteiger partial charge in [-0.25, -0.2) is 12.7 Å². The normalized spacial score (nSPS) is 11.8. The summed E-state index contributed by atoms with van der Waals surface area (Å²) < 4.78 is 36.1. The lowest BCUT2D eigenvalue weighted by Gasteiger charge is -2.17. The van der Waals surface area contributed by atoms with Gasteiger partial charge >= 0.3 is 0 Å². The summed E-state index contributed by atoms with van der Waals surface area (Å²) >= 11 is 0. The molecule has 1 aromatic carbocycles. The van der Waals surface area contributed by atoms with Gasteiger partial charge in [0.25, 0.3) is 0 Å². The molecule has 0 saturated carbocycles. The summed E-state index contributed by atoms with van der Waals surface area (Å²) in [5.41, 5.74) is 0.298. The van der Waals surface area contributed by atoms with E-state index in [1.54, 1.807) is 24.3 Å². The summed E-state index contributed by atoms with van der Waals surface area (Å²) in [7, 11) is 2.51. The first-order valence-corrected chi connectivity index (χ1v) is 9.29. The molecular weight excluding hydrogens is 358 g/mol. The van der Waals surface area contributed by atoms with Gasteiger partial charge in [-0.3, -0.25) is 9.69 Å². The first-order valence-electron chi connectivity index (χ1n) is 7.85. The third kappa shape index (κ3) is 4.84. The third-order valence-electron chi connectivity index (χ3n) is 3.64. The fraction of sp³-hybridized carbons (Fsp3) is 0.353. The Balaban J connectivity index is 2.12. The van der Waals surface area contributed by atoms with Crippen LogP contribution in [0.1, 0.15) is 5.76 Å². The number of ether oxygens (including phenoxy) is 1. The number of sulfonamides is 1. The first kappa shape index (κ1) is 20.0. The van der Waals surface area contributed by atoms with E-state index in [1.807, 2.05) is 6.07 Å². The van der Waals surface area contributed by atoms with Gasteiger partial charge in [0.1, 0.15) is 11.5 Å². The number of hydrogen-bond donors (Lipinski definition) is 1. The zero-order valence-electron chi connectivity index (χ0n) is 15.2. The Morgan fingerprint density at radius 1 is 1.23 bits per heavy atom. The lowest BCUT2D eigenvalue weighted by atomic mass is 10.3. The number of furan rings is 1. The number of amides is 1. The van der Waals surface area contributed by atoms with E-state index in [0.29, 0.717) is 18.0 Å². The smallest absolute Gasteiger partial charge is 0.242 e.